The number of hydrogen-bond acceptors (Lipinski definition) is 4. The number of nitrogens with zero attached hydrogens (tertiary/aromatic N) is 4. The lowest BCUT2D eigenvalue weighted by Gasteiger charge is -2.07. The lowest BCUT2D eigenvalue weighted by Crippen LogP contribution is -2.02. The van der Waals surface area contributed by atoms with Crippen LogP contribution in [-0.2, 0) is 0 Å². The highest BCUT2D eigenvalue weighted by Crippen LogP contribution is 2.26. The second-order valence-corrected chi connectivity index (χ2v) is 5.11. The molecule has 0 saturated carbocycles. The molecule has 3 aromatic rings. The fourth-order valence-corrected chi connectivity index (χ4v) is 2.23. The Morgan fingerprint density at radius 2 is 1.81 bits per heavy atom. The Morgan fingerprint density at radius 3 is 2.57 bits per heavy atom. The molecule has 0 bridgehead atoms. The van der Waals surface area contributed by atoms with Gasteiger partial charge in [0.25, 0.3) is 0 Å². The van der Waals surface area contributed by atoms with Crippen molar-refractivity contribution in [3.63, 3.8) is 0 Å². The van der Waals surface area contributed by atoms with E-state index in [0.29, 0.717) is 11.4 Å². The van der Waals surface area contributed by atoms with E-state index in [1.165, 1.54) is 41.1 Å². The maximum Gasteiger partial charge on any atom is 0.190 e. The molecule has 0 aliphatic carbocycles. The second kappa shape index (κ2) is 5.21. The summed E-state index contributed by atoms with van der Waals surface area (Å²) in [5.74, 6) is -0.733. The molecule has 0 fully saturated rings. The van der Waals surface area contributed by atoms with Crippen LogP contribution in [0, 0.1) is 11.6 Å². The zero-order valence-corrected chi connectivity index (χ0v) is 12.1. The number of benzene rings is 2. The van der Waals surface area contributed by atoms with Crippen LogP contribution in [0.3, 0.4) is 0 Å². The normalized spacial score (nSPS) is 10.8. The van der Waals surface area contributed by atoms with Crippen molar-refractivity contribution in [1.29, 1.82) is 0 Å². The molecule has 1 aromatic heterocycles. The first-order valence-corrected chi connectivity index (χ1v) is 6.65. The average Bonchev–Trinajstić information content (AvgIpc) is 2.93. The third-order valence-corrected chi connectivity index (χ3v) is 3.46. The quantitative estimate of drug-likeness (QED) is 0.720. The largest absolute Gasteiger partial charge is 0.399 e. The summed E-state index contributed by atoms with van der Waals surface area (Å²) in [7, 11) is 0. The number of rotatable bonds is 2. The number of aromatic nitrogens is 4. The SMILES string of the molecule is Nc1ccc(F)c(-c2nnnn2-c2ccc(F)c(Br)c2)c1. The van der Waals surface area contributed by atoms with E-state index < -0.39 is 11.6 Å². The van der Waals surface area contributed by atoms with E-state index in [1.54, 1.807) is 0 Å². The Kier molecular flexibility index (Phi) is 3.38. The van der Waals surface area contributed by atoms with Crippen molar-refractivity contribution >= 4 is 21.6 Å². The summed E-state index contributed by atoms with van der Waals surface area (Å²) in [5.41, 5.74) is 6.71. The van der Waals surface area contributed by atoms with Gasteiger partial charge in [-0.2, -0.15) is 4.68 Å². The minimum absolute atomic E-state index is 0.167. The van der Waals surface area contributed by atoms with Gasteiger partial charge >= 0.3 is 0 Å². The molecule has 0 aliphatic rings. The van der Waals surface area contributed by atoms with Crippen molar-refractivity contribution in [3.8, 4) is 17.1 Å². The summed E-state index contributed by atoms with van der Waals surface area (Å²) in [6.07, 6.45) is 0. The predicted octanol–water partition coefficient (Wildman–Crippen LogP) is 2.95. The van der Waals surface area contributed by atoms with Gasteiger partial charge in [0.05, 0.1) is 15.7 Å². The van der Waals surface area contributed by atoms with E-state index in [4.69, 9.17) is 5.73 Å². The minimum Gasteiger partial charge on any atom is -0.399 e. The number of tetrazole rings is 1. The van der Waals surface area contributed by atoms with Gasteiger partial charge in [0.2, 0.25) is 0 Å². The van der Waals surface area contributed by atoms with Crippen molar-refractivity contribution < 1.29 is 8.78 Å². The van der Waals surface area contributed by atoms with Gasteiger partial charge in [0.1, 0.15) is 11.6 Å². The molecule has 0 atom stereocenters. The molecule has 21 heavy (non-hydrogen) atoms. The Balaban J connectivity index is 2.17. The maximum atomic E-state index is 13.9. The molecule has 3 rings (SSSR count). The van der Waals surface area contributed by atoms with Gasteiger partial charge in [-0.15, -0.1) is 5.10 Å². The second-order valence-electron chi connectivity index (χ2n) is 4.25. The third kappa shape index (κ3) is 2.49. The topological polar surface area (TPSA) is 69.6 Å². The summed E-state index contributed by atoms with van der Waals surface area (Å²) < 4.78 is 28.8. The van der Waals surface area contributed by atoms with Crippen LogP contribution >= 0.6 is 15.9 Å². The van der Waals surface area contributed by atoms with Crippen molar-refractivity contribution in [2.24, 2.45) is 0 Å². The van der Waals surface area contributed by atoms with Crippen molar-refractivity contribution in [1.82, 2.24) is 20.2 Å². The first kappa shape index (κ1) is 13.6. The molecular weight excluding hydrogens is 344 g/mol. The van der Waals surface area contributed by atoms with Crippen LogP contribution in [-0.4, -0.2) is 20.2 Å². The summed E-state index contributed by atoms with van der Waals surface area (Å²) >= 11 is 3.09. The predicted molar refractivity (Wildman–Crippen MR) is 76.6 cm³/mol. The highest BCUT2D eigenvalue weighted by atomic mass is 79.9. The molecule has 8 heteroatoms. The minimum atomic E-state index is -0.499. The molecule has 1 heterocycles. The van der Waals surface area contributed by atoms with Crippen LogP contribution < -0.4 is 5.73 Å². The van der Waals surface area contributed by atoms with Gasteiger partial charge in [-0.1, -0.05) is 0 Å². The molecule has 0 radical (unpaired) electrons. The summed E-state index contributed by atoms with van der Waals surface area (Å²) in [6.45, 7) is 0. The summed E-state index contributed by atoms with van der Waals surface area (Å²) in [6, 6.07) is 8.38. The molecule has 2 N–H and O–H groups in total. The van der Waals surface area contributed by atoms with Gasteiger partial charge in [-0.3, -0.25) is 0 Å². The fourth-order valence-electron chi connectivity index (χ4n) is 1.86. The maximum absolute atomic E-state index is 13.9. The van der Waals surface area contributed by atoms with Gasteiger partial charge < -0.3 is 5.73 Å². The third-order valence-electron chi connectivity index (χ3n) is 2.85. The molecule has 2 aromatic carbocycles. The highest BCUT2D eigenvalue weighted by Gasteiger charge is 2.16. The number of halogens is 3. The molecule has 5 nitrogen and oxygen atoms in total. The fraction of sp³-hybridized carbons (Fsp3) is 0. The lowest BCUT2D eigenvalue weighted by molar-refractivity contribution is 0.619. The highest BCUT2D eigenvalue weighted by molar-refractivity contribution is 9.10. The number of anilines is 1. The van der Waals surface area contributed by atoms with E-state index in [-0.39, 0.29) is 15.9 Å². The van der Waals surface area contributed by atoms with Crippen LogP contribution in [0.4, 0.5) is 14.5 Å². The zero-order chi connectivity index (χ0) is 15.0. The average molecular weight is 352 g/mol. The van der Waals surface area contributed by atoms with Crippen molar-refractivity contribution in [2.45, 2.75) is 0 Å². The summed E-state index contributed by atoms with van der Waals surface area (Å²) in [4.78, 5) is 0. The van der Waals surface area contributed by atoms with E-state index in [9.17, 15) is 8.78 Å². The van der Waals surface area contributed by atoms with E-state index >= 15 is 0 Å². The number of hydrogen-bond donors (Lipinski definition) is 1. The first-order valence-electron chi connectivity index (χ1n) is 5.85. The van der Waals surface area contributed by atoms with E-state index in [1.807, 2.05) is 0 Å². The van der Waals surface area contributed by atoms with Crippen LogP contribution in [0.15, 0.2) is 40.9 Å². The molecule has 0 spiro atoms. The Hall–Kier alpha value is -2.35. The van der Waals surface area contributed by atoms with Gasteiger partial charge in [-0.25, -0.2) is 8.78 Å². The van der Waals surface area contributed by atoms with Gasteiger partial charge in [0, 0.05) is 5.69 Å². The smallest absolute Gasteiger partial charge is 0.190 e. The first-order chi connectivity index (χ1) is 10.1. The van der Waals surface area contributed by atoms with Crippen LogP contribution in [0.1, 0.15) is 0 Å². The Morgan fingerprint density at radius 1 is 1.05 bits per heavy atom. The zero-order valence-electron chi connectivity index (χ0n) is 10.5. The Bertz CT molecular complexity index is 818. The molecule has 0 aliphatic heterocycles. The van der Waals surface area contributed by atoms with Gasteiger partial charge in [0.15, 0.2) is 5.82 Å². The van der Waals surface area contributed by atoms with E-state index in [0.717, 1.165) is 0 Å². The molecule has 0 saturated heterocycles. The standard InChI is InChI=1S/C13H8BrF2N5/c14-10-6-8(2-4-12(10)16)21-13(18-19-20-21)9-5-7(17)1-3-11(9)15/h1-6H,17H2. The molecule has 0 unspecified atom stereocenters. The summed E-state index contributed by atoms with van der Waals surface area (Å²) in [5, 5.41) is 11.2. The molecular formula is C13H8BrF2N5. The van der Waals surface area contributed by atoms with Crippen molar-refractivity contribution in [3.05, 3.63) is 52.5 Å². The molecule has 106 valence electrons. The number of nitrogens with two attached hydrogens (primary N) is 1. The van der Waals surface area contributed by atoms with Crippen LogP contribution in [0.25, 0.3) is 17.1 Å². The van der Waals surface area contributed by atoms with Crippen LogP contribution in [0.2, 0.25) is 0 Å². The monoisotopic (exact) mass is 351 g/mol. The number of nitrogen functional groups attached to an aromatic ring is 1. The van der Waals surface area contributed by atoms with Gasteiger partial charge in [-0.05, 0) is 62.8 Å². The lowest BCUT2D eigenvalue weighted by atomic mass is 10.1. The Labute approximate surface area is 126 Å². The van der Waals surface area contributed by atoms with E-state index in [2.05, 4.69) is 31.5 Å². The molecule has 0 amide bonds. The van der Waals surface area contributed by atoms with Crippen molar-refractivity contribution in [2.75, 3.05) is 5.73 Å². The van der Waals surface area contributed by atoms with Crippen LogP contribution in [0.5, 0.6) is 0 Å².